The number of nitrogens with zero attached hydrogens (tertiary/aromatic N) is 4. The number of amides is 1. The Labute approximate surface area is 190 Å². The van der Waals surface area contributed by atoms with Gasteiger partial charge in [-0.05, 0) is 34.6 Å². The topological polar surface area (TPSA) is 182 Å². The van der Waals surface area contributed by atoms with E-state index in [1.807, 2.05) is 0 Å². The normalized spacial score (nSPS) is 27.0. The third-order valence-electron chi connectivity index (χ3n) is 4.86. The van der Waals surface area contributed by atoms with Crippen LogP contribution in [0.4, 0.5) is 10.6 Å². The highest BCUT2D eigenvalue weighted by molar-refractivity contribution is 7.87. The summed E-state index contributed by atoms with van der Waals surface area (Å²) in [6.45, 7) is 8.64. The zero-order valence-electron chi connectivity index (χ0n) is 18.8. The van der Waals surface area contributed by atoms with Crippen molar-refractivity contribution in [2.75, 3.05) is 11.9 Å². The van der Waals surface area contributed by atoms with Gasteiger partial charge in [-0.15, -0.1) is 0 Å². The maximum atomic E-state index is 12.2. The number of imidazole rings is 1. The Morgan fingerprint density at radius 2 is 1.94 bits per heavy atom. The van der Waals surface area contributed by atoms with Gasteiger partial charge >= 0.3 is 6.09 Å². The highest BCUT2D eigenvalue weighted by atomic mass is 32.2. The molecule has 33 heavy (non-hydrogen) atoms. The fourth-order valence-corrected chi connectivity index (χ4v) is 4.17. The van der Waals surface area contributed by atoms with Crippen LogP contribution in [0.2, 0.25) is 0 Å². The standard InChI is InChI=1S/C18H27N7O7S/c1-17(2,3)32-16(26)24-13-10-14(21-7-20-13)25(8-22-10)15-12-11(30-18(4,5)31-12)9(29-15)6-23-33(19,27)28/h7-9,11-12,15,23H,6H2,1-5H3,(H2,19,27,28)(H,20,21,24,26)/t9-,11-,12-,15-/m1/s1. The molecule has 2 saturated heterocycles. The van der Waals surface area contributed by atoms with E-state index in [1.54, 1.807) is 39.2 Å². The zero-order valence-corrected chi connectivity index (χ0v) is 19.6. The number of nitrogens with two attached hydrogens (primary N) is 1. The third kappa shape index (κ3) is 5.23. The lowest BCUT2D eigenvalue weighted by Crippen LogP contribution is -2.42. The number of anilines is 1. The number of aromatic nitrogens is 4. The minimum Gasteiger partial charge on any atom is -0.444 e. The van der Waals surface area contributed by atoms with Crippen LogP contribution in [-0.4, -0.2) is 70.3 Å². The lowest BCUT2D eigenvalue weighted by Gasteiger charge is -2.24. The summed E-state index contributed by atoms with van der Waals surface area (Å²) < 4.78 is 49.9. The van der Waals surface area contributed by atoms with Crippen molar-refractivity contribution in [1.29, 1.82) is 0 Å². The summed E-state index contributed by atoms with van der Waals surface area (Å²) in [6, 6.07) is 0. The summed E-state index contributed by atoms with van der Waals surface area (Å²) in [5.74, 6) is -0.745. The van der Waals surface area contributed by atoms with Gasteiger partial charge in [0.2, 0.25) is 0 Å². The van der Waals surface area contributed by atoms with Gasteiger partial charge in [-0.1, -0.05) is 0 Å². The fourth-order valence-electron chi connectivity index (χ4n) is 3.78. The predicted molar refractivity (Wildman–Crippen MR) is 114 cm³/mol. The first kappa shape index (κ1) is 23.7. The van der Waals surface area contributed by atoms with Gasteiger partial charge in [0.1, 0.15) is 30.2 Å². The van der Waals surface area contributed by atoms with Crippen molar-refractivity contribution in [3.8, 4) is 0 Å². The number of ether oxygens (including phenoxy) is 4. The van der Waals surface area contributed by atoms with Crippen LogP contribution in [-0.2, 0) is 29.2 Å². The van der Waals surface area contributed by atoms with E-state index in [9.17, 15) is 13.2 Å². The number of rotatable bonds is 5. The van der Waals surface area contributed by atoms with Gasteiger partial charge in [0.05, 0.1) is 6.33 Å². The maximum Gasteiger partial charge on any atom is 0.413 e. The average molecular weight is 486 g/mol. The first-order valence-electron chi connectivity index (χ1n) is 10.2. The van der Waals surface area contributed by atoms with Gasteiger partial charge < -0.3 is 18.9 Å². The first-order valence-corrected chi connectivity index (χ1v) is 11.7. The molecule has 14 nitrogen and oxygen atoms in total. The van der Waals surface area contributed by atoms with Crippen LogP contribution in [0.3, 0.4) is 0 Å². The second kappa shape index (κ2) is 8.11. The van der Waals surface area contributed by atoms with Crippen molar-refractivity contribution >= 4 is 33.3 Å². The van der Waals surface area contributed by atoms with Gasteiger partial charge in [-0.25, -0.2) is 24.9 Å². The molecule has 4 atom stereocenters. The van der Waals surface area contributed by atoms with Crippen LogP contribution < -0.4 is 15.2 Å². The van der Waals surface area contributed by atoms with Crippen LogP contribution in [0.15, 0.2) is 12.7 Å². The Morgan fingerprint density at radius 3 is 2.61 bits per heavy atom. The van der Waals surface area contributed by atoms with E-state index in [0.29, 0.717) is 11.2 Å². The number of carbonyl (C=O) groups excluding carboxylic acids is 1. The molecule has 2 aromatic heterocycles. The quantitative estimate of drug-likeness (QED) is 0.535. The van der Waals surface area contributed by atoms with E-state index in [-0.39, 0.29) is 12.4 Å². The molecule has 2 aromatic rings. The maximum absolute atomic E-state index is 12.2. The molecule has 4 N–H and O–H groups in total. The van der Waals surface area contributed by atoms with Crippen LogP contribution >= 0.6 is 0 Å². The van der Waals surface area contributed by atoms with Gasteiger partial charge in [0.25, 0.3) is 10.2 Å². The molecule has 2 aliphatic heterocycles. The number of nitrogens with one attached hydrogen (secondary N) is 2. The van der Waals surface area contributed by atoms with Crippen molar-refractivity contribution in [3.63, 3.8) is 0 Å². The van der Waals surface area contributed by atoms with Gasteiger partial charge in [-0.2, -0.15) is 13.1 Å². The molecule has 0 aromatic carbocycles. The lowest BCUT2D eigenvalue weighted by molar-refractivity contribution is -0.195. The number of carbonyl (C=O) groups is 1. The summed E-state index contributed by atoms with van der Waals surface area (Å²) in [5, 5.41) is 7.63. The van der Waals surface area contributed by atoms with E-state index in [4.69, 9.17) is 24.1 Å². The molecule has 182 valence electrons. The molecule has 0 radical (unpaired) electrons. The third-order valence-corrected chi connectivity index (χ3v) is 5.43. The second-order valence-electron chi connectivity index (χ2n) is 9.20. The minimum absolute atomic E-state index is 0.108. The lowest BCUT2D eigenvalue weighted by atomic mass is 10.1. The fraction of sp³-hybridized carbons (Fsp3) is 0.667. The molecule has 0 saturated carbocycles. The van der Waals surface area contributed by atoms with Crippen LogP contribution in [0.5, 0.6) is 0 Å². The summed E-state index contributed by atoms with van der Waals surface area (Å²) in [5.41, 5.74) is -0.00410. The number of hydrogen-bond donors (Lipinski definition) is 3. The molecule has 2 aliphatic rings. The SMILES string of the molecule is CC(C)(C)OC(=O)Nc1ncnc2c1ncn2[C@@H]1O[C@H](CNS(N)(=O)=O)[C@H]2OC(C)(C)O[C@H]21. The first-order chi connectivity index (χ1) is 15.2. The monoisotopic (exact) mass is 485 g/mol. The van der Waals surface area contributed by atoms with Crippen LogP contribution in [0, 0.1) is 0 Å². The van der Waals surface area contributed by atoms with Gasteiger partial charge in [-0.3, -0.25) is 9.88 Å². The smallest absolute Gasteiger partial charge is 0.413 e. The molecule has 0 aliphatic carbocycles. The Kier molecular flexibility index (Phi) is 5.83. The molecular formula is C18H27N7O7S. The molecule has 4 rings (SSSR count). The van der Waals surface area contributed by atoms with E-state index < -0.39 is 52.2 Å². The Hall–Kier alpha value is -2.43. The van der Waals surface area contributed by atoms with Gasteiger partial charge in [0, 0.05) is 6.54 Å². The molecule has 4 heterocycles. The summed E-state index contributed by atoms with van der Waals surface area (Å²) in [6.07, 6.45) is -0.504. The molecule has 1 amide bonds. The summed E-state index contributed by atoms with van der Waals surface area (Å²) in [4.78, 5) is 24.9. The van der Waals surface area contributed by atoms with Crippen molar-refractivity contribution < 1.29 is 32.2 Å². The number of fused-ring (bicyclic) bond motifs is 2. The minimum atomic E-state index is -3.92. The molecule has 0 unspecified atom stereocenters. The second-order valence-corrected chi connectivity index (χ2v) is 10.6. The van der Waals surface area contributed by atoms with Crippen molar-refractivity contribution in [2.24, 2.45) is 5.14 Å². The van der Waals surface area contributed by atoms with Crippen molar-refractivity contribution in [2.45, 2.75) is 70.5 Å². The van der Waals surface area contributed by atoms with Crippen molar-refractivity contribution in [1.82, 2.24) is 24.2 Å². The predicted octanol–water partition coefficient (Wildman–Crippen LogP) is 0.384. The summed E-state index contributed by atoms with van der Waals surface area (Å²) >= 11 is 0. The van der Waals surface area contributed by atoms with E-state index in [1.165, 1.54) is 12.7 Å². The zero-order chi connectivity index (χ0) is 24.2. The average Bonchev–Trinajstić information content (AvgIpc) is 3.29. The van der Waals surface area contributed by atoms with Crippen molar-refractivity contribution in [3.05, 3.63) is 12.7 Å². The summed E-state index contributed by atoms with van der Waals surface area (Å²) in [7, 11) is -3.92. The molecule has 2 fully saturated rings. The van der Waals surface area contributed by atoms with Gasteiger partial charge in [0.15, 0.2) is 29.0 Å². The van der Waals surface area contributed by atoms with E-state index in [0.717, 1.165) is 0 Å². The Balaban J connectivity index is 1.62. The Morgan fingerprint density at radius 1 is 1.24 bits per heavy atom. The Bertz CT molecular complexity index is 1160. The molecular weight excluding hydrogens is 458 g/mol. The molecule has 15 heteroatoms. The molecule has 0 spiro atoms. The molecule has 0 bridgehead atoms. The number of hydrogen-bond acceptors (Lipinski definition) is 10. The largest absolute Gasteiger partial charge is 0.444 e. The van der Waals surface area contributed by atoms with Crippen LogP contribution in [0.1, 0.15) is 40.8 Å². The van der Waals surface area contributed by atoms with E-state index >= 15 is 0 Å². The highest BCUT2D eigenvalue weighted by Crippen LogP contribution is 2.43. The highest BCUT2D eigenvalue weighted by Gasteiger charge is 2.56. The van der Waals surface area contributed by atoms with E-state index in [2.05, 4.69) is 25.0 Å². The van der Waals surface area contributed by atoms with Crippen LogP contribution in [0.25, 0.3) is 11.2 Å².